The molecule has 1 aliphatic heterocycles. The first-order chi connectivity index (χ1) is 8.57. The van der Waals surface area contributed by atoms with Crippen LogP contribution >= 0.6 is 15.9 Å². The number of benzene rings is 1. The summed E-state index contributed by atoms with van der Waals surface area (Å²) in [6.07, 6.45) is -0.0793. The Kier molecular flexibility index (Phi) is 4.56. The van der Waals surface area contributed by atoms with Crippen molar-refractivity contribution < 1.29 is 13.5 Å². The van der Waals surface area contributed by atoms with Crippen LogP contribution in [0.1, 0.15) is 12.8 Å². The molecule has 0 unspecified atom stereocenters. The van der Waals surface area contributed by atoms with E-state index >= 15 is 0 Å². The molecule has 2 rings (SSSR count). The predicted molar refractivity (Wildman–Crippen MR) is 70.3 cm³/mol. The van der Waals surface area contributed by atoms with Gasteiger partial charge >= 0.3 is 0 Å². The van der Waals surface area contributed by atoms with Gasteiger partial charge in [0.25, 0.3) is 5.92 Å². The Bertz CT molecular complexity index is 390. The lowest BCUT2D eigenvalue weighted by Crippen LogP contribution is -2.41. The third kappa shape index (κ3) is 3.92. The van der Waals surface area contributed by atoms with Gasteiger partial charge in [-0.05, 0) is 28.1 Å². The maximum Gasteiger partial charge on any atom is 0.250 e. The minimum absolute atomic E-state index is 0.0397. The van der Waals surface area contributed by atoms with Crippen LogP contribution in [0.3, 0.4) is 0 Å². The molecule has 0 spiro atoms. The summed E-state index contributed by atoms with van der Waals surface area (Å²) in [6, 6.07) is 7.62. The Morgan fingerprint density at radius 1 is 1.22 bits per heavy atom. The van der Waals surface area contributed by atoms with Gasteiger partial charge in [-0.2, -0.15) is 0 Å². The van der Waals surface area contributed by atoms with Crippen LogP contribution in [0, 0.1) is 0 Å². The molecule has 1 heterocycles. The quantitative estimate of drug-likeness (QED) is 0.841. The van der Waals surface area contributed by atoms with Gasteiger partial charge in [-0.15, -0.1) is 0 Å². The maximum absolute atomic E-state index is 13.0. The van der Waals surface area contributed by atoms with Crippen LogP contribution < -0.4 is 4.74 Å². The van der Waals surface area contributed by atoms with Crippen molar-refractivity contribution in [3.05, 3.63) is 28.7 Å². The van der Waals surface area contributed by atoms with E-state index in [0.717, 1.165) is 10.2 Å². The van der Waals surface area contributed by atoms with Crippen LogP contribution in [0.15, 0.2) is 28.7 Å². The van der Waals surface area contributed by atoms with Crippen LogP contribution in [0.2, 0.25) is 0 Å². The summed E-state index contributed by atoms with van der Waals surface area (Å²) in [5.41, 5.74) is 0. The normalized spacial score (nSPS) is 19.7. The van der Waals surface area contributed by atoms with E-state index in [1.165, 1.54) is 0 Å². The van der Waals surface area contributed by atoms with E-state index in [1.807, 2.05) is 29.2 Å². The minimum atomic E-state index is -2.47. The highest BCUT2D eigenvalue weighted by molar-refractivity contribution is 9.10. The molecule has 1 aliphatic rings. The molecule has 0 saturated carbocycles. The molecule has 0 radical (unpaired) electrons. The van der Waals surface area contributed by atoms with E-state index in [1.54, 1.807) is 0 Å². The summed E-state index contributed by atoms with van der Waals surface area (Å²) in [4.78, 5) is 2.02. The van der Waals surface area contributed by atoms with Crippen LogP contribution in [-0.4, -0.2) is 37.1 Å². The monoisotopic (exact) mass is 319 g/mol. The van der Waals surface area contributed by atoms with Crippen molar-refractivity contribution in [1.29, 1.82) is 0 Å². The molecule has 1 saturated heterocycles. The molecule has 0 aliphatic carbocycles. The fourth-order valence-electron chi connectivity index (χ4n) is 1.95. The minimum Gasteiger partial charge on any atom is -0.491 e. The number of rotatable bonds is 4. The summed E-state index contributed by atoms with van der Waals surface area (Å²) >= 11 is 3.40. The average molecular weight is 320 g/mol. The van der Waals surface area contributed by atoms with Crippen molar-refractivity contribution in [2.75, 3.05) is 26.2 Å². The molecule has 18 heavy (non-hydrogen) atoms. The fourth-order valence-corrected chi connectivity index (χ4v) is 2.35. The standard InChI is InChI=1S/C13H16BrF2NO/c14-11-3-1-2-4-12(11)18-10-9-17-7-5-13(15,16)6-8-17/h1-4H,5-10H2. The molecule has 0 atom stereocenters. The third-order valence-corrected chi connectivity index (χ3v) is 3.74. The second-order valence-electron chi connectivity index (χ2n) is 4.48. The lowest BCUT2D eigenvalue weighted by Gasteiger charge is -2.31. The van der Waals surface area contributed by atoms with E-state index in [2.05, 4.69) is 15.9 Å². The SMILES string of the molecule is FC1(F)CCN(CCOc2ccccc2Br)CC1. The molecule has 1 fully saturated rings. The Morgan fingerprint density at radius 2 is 1.89 bits per heavy atom. The Hall–Kier alpha value is -0.680. The number of alkyl halides is 2. The van der Waals surface area contributed by atoms with E-state index in [9.17, 15) is 8.78 Å². The highest BCUT2D eigenvalue weighted by Gasteiger charge is 2.33. The van der Waals surface area contributed by atoms with Crippen LogP contribution in [0.25, 0.3) is 0 Å². The highest BCUT2D eigenvalue weighted by Crippen LogP contribution is 2.27. The smallest absolute Gasteiger partial charge is 0.250 e. The van der Waals surface area contributed by atoms with E-state index in [0.29, 0.717) is 26.2 Å². The zero-order chi connectivity index (χ0) is 13.0. The van der Waals surface area contributed by atoms with Crippen molar-refractivity contribution >= 4 is 15.9 Å². The molecule has 1 aromatic rings. The second kappa shape index (κ2) is 5.97. The van der Waals surface area contributed by atoms with E-state index in [-0.39, 0.29) is 12.8 Å². The lowest BCUT2D eigenvalue weighted by atomic mass is 10.1. The van der Waals surface area contributed by atoms with Gasteiger partial charge < -0.3 is 4.74 Å². The zero-order valence-electron chi connectivity index (χ0n) is 10.0. The number of piperidine rings is 1. The van der Waals surface area contributed by atoms with Gasteiger partial charge in [0.1, 0.15) is 12.4 Å². The van der Waals surface area contributed by atoms with Crippen LogP contribution in [0.4, 0.5) is 8.78 Å². The first-order valence-electron chi connectivity index (χ1n) is 6.04. The summed E-state index contributed by atoms with van der Waals surface area (Å²) < 4.78 is 32.4. The largest absolute Gasteiger partial charge is 0.491 e. The second-order valence-corrected chi connectivity index (χ2v) is 5.33. The van der Waals surface area contributed by atoms with Crippen molar-refractivity contribution in [2.24, 2.45) is 0 Å². The molecule has 2 nitrogen and oxygen atoms in total. The Labute approximate surface area is 114 Å². The van der Waals surface area contributed by atoms with Gasteiger partial charge in [0.05, 0.1) is 4.47 Å². The summed E-state index contributed by atoms with van der Waals surface area (Å²) in [5.74, 6) is -1.68. The van der Waals surface area contributed by atoms with Gasteiger partial charge in [-0.1, -0.05) is 12.1 Å². The number of para-hydroxylation sites is 1. The van der Waals surface area contributed by atoms with Crippen LogP contribution in [0.5, 0.6) is 5.75 Å². The summed E-state index contributed by atoms with van der Waals surface area (Å²) in [6.45, 7) is 2.12. The molecule has 0 amide bonds. The van der Waals surface area contributed by atoms with E-state index < -0.39 is 5.92 Å². The average Bonchev–Trinajstić information content (AvgIpc) is 2.34. The molecule has 100 valence electrons. The van der Waals surface area contributed by atoms with Crippen molar-refractivity contribution in [1.82, 2.24) is 4.90 Å². The number of hydrogen-bond acceptors (Lipinski definition) is 2. The predicted octanol–water partition coefficient (Wildman–Crippen LogP) is 3.56. The van der Waals surface area contributed by atoms with Crippen molar-refractivity contribution in [2.45, 2.75) is 18.8 Å². The Morgan fingerprint density at radius 3 is 2.56 bits per heavy atom. The first kappa shape index (κ1) is 13.7. The third-order valence-electron chi connectivity index (χ3n) is 3.09. The summed E-state index contributed by atoms with van der Waals surface area (Å²) in [7, 11) is 0. The maximum atomic E-state index is 13.0. The summed E-state index contributed by atoms with van der Waals surface area (Å²) in [5, 5.41) is 0. The number of ether oxygens (including phenoxy) is 1. The van der Waals surface area contributed by atoms with Crippen molar-refractivity contribution in [3.8, 4) is 5.75 Å². The number of halogens is 3. The first-order valence-corrected chi connectivity index (χ1v) is 6.84. The molecule has 0 bridgehead atoms. The van der Waals surface area contributed by atoms with Gasteiger partial charge in [0, 0.05) is 32.5 Å². The van der Waals surface area contributed by atoms with E-state index in [4.69, 9.17) is 4.74 Å². The van der Waals surface area contributed by atoms with Crippen LogP contribution in [-0.2, 0) is 0 Å². The van der Waals surface area contributed by atoms with Gasteiger partial charge in [0.2, 0.25) is 0 Å². The number of likely N-dealkylation sites (tertiary alicyclic amines) is 1. The topological polar surface area (TPSA) is 12.5 Å². The molecular formula is C13H16BrF2NO. The molecule has 0 N–H and O–H groups in total. The zero-order valence-corrected chi connectivity index (χ0v) is 11.6. The Balaban J connectivity index is 1.72. The number of nitrogens with zero attached hydrogens (tertiary/aromatic N) is 1. The lowest BCUT2D eigenvalue weighted by molar-refractivity contribution is -0.0564. The molecule has 0 aromatic heterocycles. The number of hydrogen-bond donors (Lipinski definition) is 0. The molecular weight excluding hydrogens is 304 g/mol. The molecule has 5 heteroatoms. The fraction of sp³-hybridized carbons (Fsp3) is 0.538. The highest BCUT2D eigenvalue weighted by atomic mass is 79.9. The van der Waals surface area contributed by atoms with Gasteiger partial charge in [0.15, 0.2) is 0 Å². The van der Waals surface area contributed by atoms with Gasteiger partial charge in [-0.3, -0.25) is 4.90 Å². The van der Waals surface area contributed by atoms with Gasteiger partial charge in [-0.25, -0.2) is 8.78 Å². The molecule has 1 aromatic carbocycles. The van der Waals surface area contributed by atoms with Crippen molar-refractivity contribution in [3.63, 3.8) is 0 Å².